The van der Waals surface area contributed by atoms with Crippen molar-refractivity contribution in [3.8, 4) is 0 Å². The van der Waals surface area contributed by atoms with E-state index in [0.717, 1.165) is 0 Å². The normalized spacial score (nSPS) is 10.2. The molecule has 0 atom stereocenters. The van der Waals surface area contributed by atoms with Gasteiger partial charge in [-0.25, -0.2) is 9.18 Å². The predicted molar refractivity (Wildman–Crippen MR) is 71.3 cm³/mol. The van der Waals surface area contributed by atoms with Crippen molar-refractivity contribution in [1.29, 1.82) is 0 Å². The zero-order valence-electron chi connectivity index (χ0n) is 11.5. The first-order valence-corrected chi connectivity index (χ1v) is 6.12. The second kappa shape index (κ2) is 6.17. The van der Waals surface area contributed by atoms with E-state index >= 15 is 0 Å². The molecule has 1 amide bonds. The van der Waals surface area contributed by atoms with E-state index in [0.29, 0.717) is 16.9 Å². The summed E-state index contributed by atoms with van der Waals surface area (Å²) in [7, 11) is 0. The molecular weight excluding hydrogens is 279 g/mol. The fraction of sp³-hybridized carbons (Fsp3) is 0.214. The SMILES string of the molecule is Cc1cc(C(=O)OCC(=O)Nc2cc(F)ccc2C)on1. The monoisotopic (exact) mass is 292 g/mol. The van der Waals surface area contributed by atoms with Crippen LogP contribution in [0.3, 0.4) is 0 Å². The summed E-state index contributed by atoms with van der Waals surface area (Å²) in [6.07, 6.45) is 0. The van der Waals surface area contributed by atoms with Crippen molar-refractivity contribution in [1.82, 2.24) is 5.16 Å². The van der Waals surface area contributed by atoms with E-state index in [9.17, 15) is 14.0 Å². The zero-order chi connectivity index (χ0) is 15.4. The summed E-state index contributed by atoms with van der Waals surface area (Å²) in [5, 5.41) is 6.00. The van der Waals surface area contributed by atoms with Crippen LogP contribution in [0.1, 0.15) is 21.8 Å². The number of ether oxygens (including phenoxy) is 1. The maximum absolute atomic E-state index is 13.1. The minimum Gasteiger partial charge on any atom is -0.450 e. The van der Waals surface area contributed by atoms with Crippen molar-refractivity contribution in [2.24, 2.45) is 0 Å². The van der Waals surface area contributed by atoms with Crippen LogP contribution in [0.2, 0.25) is 0 Å². The van der Waals surface area contributed by atoms with E-state index < -0.39 is 24.3 Å². The number of aryl methyl sites for hydroxylation is 2. The summed E-state index contributed by atoms with van der Waals surface area (Å²) < 4.78 is 22.6. The number of nitrogens with one attached hydrogen (secondary N) is 1. The summed E-state index contributed by atoms with van der Waals surface area (Å²) in [5.41, 5.74) is 1.55. The van der Waals surface area contributed by atoms with Crippen molar-refractivity contribution < 1.29 is 23.2 Å². The van der Waals surface area contributed by atoms with Crippen LogP contribution >= 0.6 is 0 Å². The molecule has 7 heteroatoms. The van der Waals surface area contributed by atoms with Gasteiger partial charge in [-0.1, -0.05) is 11.2 Å². The maximum atomic E-state index is 13.1. The van der Waals surface area contributed by atoms with E-state index in [1.807, 2.05) is 0 Å². The van der Waals surface area contributed by atoms with Crippen LogP contribution < -0.4 is 5.32 Å². The number of benzene rings is 1. The molecule has 1 N–H and O–H groups in total. The number of amides is 1. The predicted octanol–water partition coefficient (Wildman–Crippen LogP) is 2.23. The number of aromatic nitrogens is 1. The third kappa shape index (κ3) is 3.88. The summed E-state index contributed by atoms with van der Waals surface area (Å²) in [6, 6.07) is 5.41. The van der Waals surface area contributed by atoms with Gasteiger partial charge >= 0.3 is 5.97 Å². The van der Waals surface area contributed by atoms with Crippen molar-refractivity contribution in [3.63, 3.8) is 0 Å². The highest BCUT2D eigenvalue weighted by Crippen LogP contribution is 2.15. The number of nitrogens with zero attached hydrogens (tertiary/aromatic N) is 1. The number of carbonyl (C=O) groups excluding carboxylic acids is 2. The van der Waals surface area contributed by atoms with Gasteiger partial charge in [-0.15, -0.1) is 0 Å². The molecule has 0 saturated heterocycles. The standard InChI is InChI=1S/C14H13FN2O4/c1-8-3-4-10(15)6-11(8)16-13(18)7-20-14(19)12-5-9(2)17-21-12/h3-6H,7H2,1-2H3,(H,16,18). The lowest BCUT2D eigenvalue weighted by molar-refractivity contribution is -0.119. The quantitative estimate of drug-likeness (QED) is 0.874. The van der Waals surface area contributed by atoms with E-state index in [-0.39, 0.29) is 5.76 Å². The maximum Gasteiger partial charge on any atom is 0.377 e. The zero-order valence-corrected chi connectivity index (χ0v) is 11.5. The van der Waals surface area contributed by atoms with Gasteiger partial charge in [0.15, 0.2) is 6.61 Å². The Kier molecular flexibility index (Phi) is 4.32. The minimum atomic E-state index is -0.790. The van der Waals surface area contributed by atoms with Crippen LogP contribution in [0.4, 0.5) is 10.1 Å². The van der Waals surface area contributed by atoms with Crippen molar-refractivity contribution >= 4 is 17.6 Å². The second-order valence-electron chi connectivity index (χ2n) is 4.42. The molecule has 0 radical (unpaired) electrons. The summed E-state index contributed by atoms with van der Waals surface area (Å²) in [4.78, 5) is 23.2. The van der Waals surface area contributed by atoms with Crippen LogP contribution in [-0.4, -0.2) is 23.6 Å². The lowest BCUT2D eigenvalue weighted by Crippen LogP contribution is -2.21. The molecular formula is C14H13FN2O4. The van der Waals surface area contributed by atoms with Gasteiger partial charge in [0.2, 0.25) is 5.76 Å². The molecule has 0 aliphatic carbocycles. The van der Waals surface area contributed by atoms with Crippen LogP contribution in [-0.2, 0) is 9.53 Å². The Hall–Kier alpha value is -2.70. The molecule has 1 aromatic carbocycles. The highest BCUT2D eigenvalue weighted by molar-refractivity contribution is 5.95. The highest BCUT2D eigenvalue weighted by Gasteiger charge is 2.15. The summed E-state index contributed by atoms with van der Waals surface area (Å²) >= 11 is 0. The molecule has 2 aromatic rings. The van der Waals surface area contributed by atoms with Gasteiger partial charge in [0, 0.05) is 11.8 Å². The fourth-order valence-corrected chi connectivity index (χ4v) is 1.58. The molecule has 6 nitrogen and oxygen atoms in total. The van der Waals surface area contributed by atoms with Gasteiger partial charge in [-0.05, 0) is 31.5 Å². The van der Waals surface area contributed by atoms with Crippen molar-refractivity contribution in [3.05, 3.63) is 47.1 Å². The molecule has 0 bridgehead atoms. The number of hydrogen-bond acceptors (Lipinski definition) is 5. The number of halogens is 1. The first kappa shape index (κ1) is 14.7. The lowest BCUT2D eigenvalue weighted by atomic mass is 10.2. The average molecular weight is 292 g/mol. The third-order valence-electron chi connectivity index (χ3n) is 2.64. The second-order valence-corrected chi connectivity index (χ2v) is 4.42. The molecule has 1 aromatic heterocycles. The minimum absolute atomic E-state index is 0.0813. The van der Waals surface area contributed by atoms with E-state index in [4.69, 9.17) is 9.26 Å². The third-order valence-corrected chi connectivity index (χ3v) is 2.64. The molecule has 0 unspecified atom stereocenters. The van der Waals surface area contributed by atoms with Gasteiger partial charge in [-0.2, -0.15) is 0 Å². The Morgan fingerprint density at radius 3 is 2.76 bits per heavy atom. The van der Waals surface area contributed by atoms with Crippen LogP contribution in [0.15, 0.2) is 28.8 Å². The number of hydrogen-bond donors (Lipinski definition) is 1. The van der Waals surface area contributed by atoms with Crippen LogP contribution in [0.25, 0.3) is 0 Å². The molecule has 110 valence electrons. The van der Waals surface area contributed by atoms with Gasteiger partial charge in [0.25, 0.3) is 5.91 Å². The number of carbonyl (C=O) groups is 2. The Labute approximate surface area is 119 Å². The molecule has 0 aliphatic rings. The number of esters is 1. The van der Waals surface area contributed by atoms with Gasteiger partial charge in [-0.3, -0.25) is 4.79 Å². The van der Waals surface area contributed by atoms with Gasteiger partial charge in [0.1, 0.15) is 5.82 Å². The number of anilines is 1. The molecule has 2 rings (SSSR count). The van der Waals surface area contributed by atoms with Crippen molar-refractivity contribution in [2.75, 3.05) is 11.9 Å². The first-order chi connectivity index (χ1) is 9.95. The highest BCUT2D eigenvalue weighted by atomic mass is 19.1. The Balaban J connectivity index is 1.90. The molecule has 0 saturated carbocycles. The van der Waals surface area contributed by atoms with Crippen molar-refractivity contribution in [2.45, 2.75) is 13.8 Å². The largest absolute Gasteiger partial charge is 0.450 e. The van der Waals surface area contributed by atoms with Gasteiger partial charge < -0.3 is 14.6 Å². The van der Waals surface area contributed by atoms with Crippen LogP contribution in [0.5, 0.6) is 0 Å². The summed E-state index contributed by atoms with van der Waals surface area (Å²) in [5.74, 6) is -1.91. The van der Waals surface area contributed by atoms with E-state index in [1.165, 1.54) is 24.3 Å². The molecule has 0 spiro atoms. The Morgan fingerprint density at radius 1 is 1.33 bits per heavy atom. The van der Waals surface area contributed by atoms with Gasteiger partial charge in [0.05, 0.1) is 5.69 Å². The Bertz CT molecular complexity index is 681. The lowest BCUT2D eigenvalue weighted by Gasteiger charge is -2.08. The Morgan fingerprint density at radius 2 is 2.10 bits per heavy atom. The molecule has 0 fully saturated rings. The summed E-state index contributed by atoms with van der Waals surface area (Å²) in [6.45, 7) is 2.87. The smallest absolute Gasteiger partial charge is 0.377 e. The van der Waals surface area contributed by atoms with E-state index in [1.54, 1.807) is 13.8 Å². The van der Waals surface area contributed by atoms with E-state index in [2.05, 4.69) is 10.5 Å². The average Bonchev–Trinajstić information content (AvgIpc) is 2.87. The number of rotatable bonds is 4. The molecule has 1 heterocycles. The van der Waals surface area contributed by atoms with Crippen LogP contribution in [0, 0.1) is 19.7 Å². The fourth-order valence-electron chi connectivity index (χ4n) is 1.58. The first-order valence-electron chi connectivity index (χ1n) is 6.12. The molecule has 0 aliphatic heterocycles. The topological polar surface area (TPSA) is 81.4 Å². The molecule has 21 heavy (non-hydrogen) atoms.